The molecule has 1 aliphatic carbocycles. The SMILES string of the molecule is O=C(N[C@@H]1c2ccccc2C[C@@H]1NC(=O)c1cc2sc(Cl)c(Cl)c2[nH]1)c1cccnc1. The van der Waals surface area contributed by atoms with Crippen LogP contribution in [0, 0.1) is 0 Å². The van der Waals surface area contributed by atoms with Gasteiger partial charge in [-0.15, -0.1) is 11.3 Å². The minimum atomic E-state index is -0.359. The number of H-pyrrole nitrogens is 1. The summed E-state index contributed by atoms with van der Waals surface area (Å²) in [5.74, 6) is -0.509. The van der Waals surface area contributed by atoms with Crippen molar-refractivity contribution in [3.63, 3.8) is 0 Å². The van der Waals surface area contributed by atoms with Crippen LogP contribution in [0.2, 0.25) is 9.36 Å². The van der Waals surface area contributed by atoms with Gasteiger partial charge >= 0.3 is 0 Å². The quantitative estimate of drug-likeness (QED) is 0.401. The zero-order chi connectivity index (χ0) is 21.5. The summed E-state index contributed by atoms with van der Waals surface area (Å²) in [5, 5.41) is 6.53. The molecule has 0 radical (unpaired) electrons. The molecule has 0 bridgehead atoms. The van der Waals surface area contributed by atoms with Gasteiger partial charge < -0.3 is 15.6 Å². The summed E-state index contributed by atoms with van der Waals surface area (Å²) in [6, 6.07) is 12.4. The number of carbonyl (C=O) groups excluding carboxylic acids is 2. The molecule has 0 unspecified atom stereocenters. The zero-order valence-corrected chi connectivity index (χ0v) is 18.3. The molecule has 156 valence electrons. The molecule has 3 N–H and O–H groups in total. The molecule has 1 aromatic carbocycles. The van der Waals surface area contributed by atoms with Crippen LogP contribution in [0.25, 0.3) is 10.2 Å². The van der Waals surface area contributed by atoms with E-state index in [2.05, 4.69) is 20.6 Å². The van der Waals surface area contributed by atoms with E-state index in [-0.39, 0.29) is 23.9 Å². The van der Waals surface area contributed by atoms with Gasteiger partial charge in [0.1, 0.15) is 10.0 Å². The third-order valence-corrected chi connectivity index (χ3v) is 7.31. The van der Waals surface area contributed by atoms with E-state index in [1.54, 1.807) is 24.4 Å². The molecule has 2 amide bonds. The molecule has 0 spiro atoms. The fourth-order valence-electron chi connectivity index (χ4n) is 3.92. The van der Waals surface area contributed by atoms with E-state index >= 15 is 0 Å². The van der Waals surface area contributed by atoms with Crippen LogP contribution in [0.5, 0.6) is 0 Å². The van der Waals surface area contributed by atoms with E-state index in [4.69, 9.17) is 23.2 Å². The normalized spacial score (nSPS) is 17.5. The molecule has 3 aromatic heterocycles. The molecule has 5 rings (SSSR count). The van der Waals surface area contributed by atoms with Gasteiger partial charge in [0.15, 0.2) is 0 Å². The number of aromatic amines is 1. The molecule has 3 heterocycles. The number of thiophene rings is 1. The lowest BCUT2D eigenvalue weighted by molar-refractivity contribution is 0.0885. The largest absolute Gasteiger partial charge is 0.349 e. The van der Waals surface area contributed by atoms with E-state index in [0.717, 1.165) is 15.8 Å². The molecule has 31 heavy (non-hydrogen) atoms. The van der Waals surface area contributed by atoms with Crippen molar-refractivity contribution >= 4 is 56.6 Å². The van der Waals surface area contributed by atoms with Crippen molar-refractivity contribution in [2.24, 2.45) is 0 Å². The summed E-state index contributed by atoms with van der Waals surface area (Å²) in [6.45, 7) is 0. The highest BCUT2D eigenvalue weighted by molar-refractivity contribution is 7.23. The van der Waals surface area contributed by atoms with Crippen LogP contribution in [0.3, 0.4) is 0 Å². The summed E-state index contributed by atoms with van der Waals surface area (Å²) in [6.07, 6.45) is 3.75. The average molecular weight is 471 g/mol. The molecule has 9 heteroatoms. The summed E-state index contributed by atoms with van der Waals surface area (Å²) in [4.78, 5) is 32.8. The predicted octanol–water partition coefficient (Wildman–Crippen LogP) is 4.76. The number of rotatable bonds is 4. The Bertz CT molecular complexity index is 1300. The lowest BCUT2D eigenvalue weighted by atomic mass is 10.1. The second-order valence-electron chi connectivity index (χ2n) is 7.29. The Balaban J connectivity index is 1.40. The Morgan fingerprint density at radius 3 is 2.71 bits per heavy atom. The summed E-state index contributed by atoms with van der Waals surface area (Å²) in [7, 11) is 0. The number of benzene rings is 1. The van der Waals surface area contributed by atoms with Gasteiger partial charge in [0, 0.05) is 12.4 Å². The van der Waals surface area contributed by atoms with Gasteiger partial charge in [-0.3, -0.25) is 14.6 Å². The second kappa shape index (κ2) is 8.00. The van der Waals surface area contributed by atoms with Gasteiger partial charge in [-0.05, 0) is 35.7 Å². The Morgan fingerprint density at radius 2 is 1.94 bits per heavy atom. The highest BCUT2D eigenvalue weighted by Crippen LogP contribution is 2.39. The van der Waals surface area contributed by atoms with Gasteiger partial charge in [0.05, 0.1) is 32.9 Å². The zero-order valence-electron chi connectivity index (χ0n) is 16.0. The Morgan fingerprint density at radius 1 is 1.10 bits per heavy atom. The maximum atomic E-state index is 13.0. The molecule has 0 fully saturated rings. The van der Waals surface area contributed by atoms with E-state index < -0.39 is 0 Å². The van der Waals surface area contributed by atoms with Gasteiger partial charge in [0.25, 0.3) is 11.8 Å². The van der Waals surface area contributed by atoms with Crippen LogP contribution in [0.1, 0.15) is 38.0 Å². The topological polar surface area (TPSA) is 86.9 Å². The highest BCUT2D eigenvalue weighted by Gasteiger charge is 2.35. The fraction of sp³-hybridized carbons (Fsp3) is 0.136. The van der Waals surface area contributed by atoms with Gasteiger partial charge in [-0.2, -0.15) is 0 Å². The molecule has 4 aromatic rings. The van der Waals surface area contributed by atoms with Crippen molar-refractivity contribution in [2.75, 3.05) is 0 Å². The van der Waals surface area contributed by atoms with Crippen molar-refractivity contribution < 1.29 is 9.59 Å². The first kappa shape index (κ1) is 20.1. The molecule has 0 saturated carbocycles. The maximum Gasteiger partial charge on any atom is 0.268 e. The number of amides is 2. The van der Waals surface area contributed by atoms with Crippen molar-refractivity contribution in [2.45, 2.75) is 18.5 Å². The number of carbonyl (C=O) groups is 2. The Kier molecular flexibility index (Phi) is 5.17. The van der Waals surface area contributed by atoms with E-state index in [0.29, 0.717) is 32.6 Å². The summed E-state index contributed by atoms with van der Waals surface area (Å²) >= 11 is 13.6. The maximum absolute atomic E-state index is 13.0. The van der Waals surface area contributed by atoms with E-state index in [9.17, 15) is 9.59 Å². The van der Waals surface area contributed by atoms with Crippen LogP contribution in [0.15, 0.2) is 54.9 Å². The van der Waals surface area contributed by atoms with Crippen molar-refractivity contribution in [1.82, 2.24) is 20.6 Å². The Hall–Kier alpha value is -2.87. The molecule has 2 atom stereocenters. The van der Waals surface area contributed by atoms with Crippen molar-refractivity contribution in [3.8, 4) is 0 Å². The smallest absolute Gasteiger partial charge is 0.268 e. The Labute approximate surface area is 191 Å². The standard InChI is InChI=1S/C22H16Cl2N4O2S/c23-17-19-16(31-20(17)24)9-15(26-19)22(30)27-14-8-11-4-1-2-6-13(11)18(14)28-21(29)12-5-3-7-25-10-12/h1-7,9-10,14,18,26H,8H2,(H,27,30)(H,28,29)/t14-,18+/m0/s1. The first-order valence-corrected chi connectivity index (χ1v) is 11.1. The number of aromatic nitrogens is 2. The first-order chi connectivity index (χ1) is 15.0. The summed E-state index contributed by atoms with van der Waals surface area (Å²) < 4.78 is 1.30. The number of fused-ring (bicyclic) bond motifs is 2. The third kappa shape index (κ3) is 3.69. The number of pyridine rings is 1. The number of nitrogens with zero attached hydrogens (tertiary/aromatic N) is 1. The predicted molar refractivity (Wildman–Crippen MR) is 122 cm³/mol. The van der Waals surface area contributed by atoms with Crippen LogP contribution >= 0.6 is 34.5 Å². The lowest BCUT2D eigenvalue weighted by Crippen LogP contribution is -2.44. The minimum absolute atomic E-state index is 0.240. The highest BCUT2D eigenvalue weighted by atomic mass is 35.5. The number of hydrogen-bond acceptors (Lipinski definition) is 4. The summed E-state index contributed by atoms with van der Waals surface area (Å²) in [5.41, 5.74) is 3.60. The molecule has 6 nitrogen and oxygen atoms in total. The van der Waals surface area contributed by atoms with Crippen LogP contribution in [-0.2, 0) is 6.42 Å². The van der Waals surface area contributed by atoms with Crippen molar-refractivity contribution in [1.29, 1.82) is 0 Å². The second-order valence-corrected chi connectivity index (χ2v) is 9.32. The molecule has 0 aliphatic heterocycles. The monoisotopic (exact) mass is 470 g/mol. The number of halogens is 2. The van der Waals surface area contributed by atoms with Crippen LogP contribution < -0.4 is 10.6 Å². The molecular formula is C22H16Cl2N4O2S. The van der Waals surface area contributed by atoms with Crippen LogP contribution in [0.4, 0.5) is 0 Å². The first-order valence-electron chi connectivity index (χ1n) is 9.57. The molecule has 0 saturated heterocycles. The van der Waals surface area contributed by atoms with Gasteiger partial charge in [-0.25, -0.2) is 0 Å². The van der Waals surface area contributed by atoms with Crippen molar-refractivity contribution in [3.05, 3.63) is 86.6 Å². The van der Waals surface area contributed by atoms with Crippen LogP contribution in [-0.4, -0.2) is 27.8 Å². The number of hydrogen-bond donors (Lipinski definition) is 3. The average Bonchev–Trinajstić information content (AvgIpc) is 3.42. The number of nitrogens with one attached hydrogen (secondary N) is 3. The third-order valence-electron chi connectivity index (χ3n) is 5.38. The van der Waals surface area contributed by atoms with E-state index in [1.165, 1.54) is 17.5 Å². The van der Waals surface area contributed by atoms with E-state index in [1.807, 2.05) is 24.3 Å². The van der Waals surface area contributed by atoms with Gasteiger partial charge in [-0.1, -0.05) is 47.5 Å². The van der Waals surface area contributed by atoms with Gasteiger partial charge in [0.2, 0.25) is 0 Å². The molecule has 1 aliphatic rings. The molecular weight excluding hydrogens is 455 g/mol. The lowest BCUT2D eigenvalue weighted by Gasteiger charge is -2.23. The fourth-order valence-corrected chi connectivity index (χ4v) is 5.40. The minimum Gasteiger partial charge on any atom is -0.349 e.